The van der Waals surface area contributed by atoms with E-state index in [1.807, 2.05) is 18.2 Å². The molecule has 18 heavy (non-hydrogen) atoms. The van der Waals surface area contributed by atoms with E-state index in [1.54, 1.807) is 12.1 Å². The van der Waals surface area contributed by atoms with Gasteiger partial charge in [-0.3, -0.25) is 0 Å². The van der Waals surface area contributed by atoms with Gasteiger partial charge in [0, 0.05) is 6.54 Å². The van der Waals surface area contributed by atoms with Crippen LogP contribution in [0.1, 0.15) is 18.4 Å². The van der Waals surface area contributed by atoms with E-state index in [0.717, 1.165) is 5.56 Å². The summed E-state index contributed by atoms with van der Waals surface area (Å²) in [6.45, 7) is 0.413. The highest BCUT2D eigenvalue weighted by atomic mass is 32.2. The highest BCUT2D eigenvalue weighted by molar-refractivity contribution is 7.90. The minimum Gasteiger partial charge on any atom is -0.352 e. The number of amides is 2. The molecular formula is C12H18N2O3S. The van der Waals surface area contributed by atoms with E-state index < -0.39 is 15.9 Å². The third-order valence-corrected chi connectivity index (χ3v) is 4.09. The van der Waals surface area contributed by atoms with Crippen LogP contribution < -0.4 is 11.1 Å². The summed E-state index contributed by atoms with van der Waals surface area (Å²) in [6, 6.07) is 8.51. The molecular weight excluding hydrogens is 252 g/mol. The number of nitrogens with one attached hydrogen (secondary N) is 1. The number of carbonyl (C=O) groups is 1. The number of carbonyl (C=O) groups excluding carboxylic acids is 1. The smallest absolute Gasteiger partial charge is 0.312 e. The zero-order valence-corrected chi connectivity index (χ0v) is 10.9. The lowest BCUT2D eigenvalue weighted by molar-refractivity contribution is 0.249. The van der Waals surface area contributed by atoms with Crippen molar-refractivity contribution < 1.29 is 13.2 Å². The van der Waals surface area contributed by atoms with Crippen LogP contribution >= 0.6 is 0 Å². The Morgan fingerprint density at radius 3 is 2.44 bits per heavy atom. The average Bonchev–Trinajstić information content (AvgIpc) is 2.28. The van der Waals surface area contributed by atoms with Crippen LogP contribution in [0, 0.1) is 0 Å². The van der Waals surface area contributed by atoms with Crippen molar-refractivity contribution in [2.45, 2.75) is 18.6 Å². The fourth-order valence-corrected chi connectivity index (χ4v) is 3.05. The molecule has 0 atom stereocenters. The first-order valence-corrected chi connectivity index (χ1v) is 7.59. The molecule has 2 amide bonds. The van der Waals surface area contributed by atoms with E-state index in [0.29, 0.717) is 19.4 Å². The van der Waals surface area contributed by atoms with Gasteiger partial charge in [-0.2, -0.15) is 0 Å². The maximum Gasteiger partial charge on any atom is 0.312 e. The summed E-state index contributed by atoms with van der Waals surface area (Å²) in [6.07, 6.45) is 1.13. The molecule has 0 radical (unpaired) electrons. The lowest BCUT2D eigenvalue weighted by atomic mass is 10.2. The quantitative estimate of drug-likeness (QED) is 0.726. The number of benzene rings is 1. The maximum absolute atomic E-state index is 11.8. The predicted molar refractivity (Wildman–Crippen MR) is 70.8 cm³/mol. The van der Waals surface area contributed by atoms with Crippen molar-refractivity contribution in [2.24, 2.45) is 5.73 Å². The third kappa shape index (κ3) is 6.24. The first kappa shape index (κ1) is 14.5. The van der Waals surface area contributed by atoms with Gasteiger partial charge in [-0.05, 0) is 18.4 Å². The molecule has 0 aromatic heterocycles. The Kier molecular flexibility index (Phi) is 5.64. The predicted octanol–water partition coefficient (Wildman–Crippen LogP) is 1.05. The van der Waals surface area contributed by atoms with E-state index in [1.165, 1.54) is 0 Å². The molecule has 0 heterocycles. The van der Waals surface area contributed by atoms with Crippen LogP contribution in [-0.2, 0) is 15.6 Å². The van der Waals surface area contributed by atoms with E-state index in [-0.39, 0.29) is 11.5 Å². The number of hydrogen-bond acceptors (Lipinski definition) is 3. The third-order valence-electron chi connectivity index (χ3n) is 2.41. The maximum atomic E-state index is 11.8. The van der Waals surface area contributed by atoms with Gasteiger partial charge < -0.3 is 11.1 Å². The molecule has 0 saturated carbocycles. The molecule has 3 N–H and O–H groups in total. The Morgan fingerprint density at radius 2 is 1.83 bits per heavy atom. The summed E-state index contributed by atoms with van der Waals surface area (Å²) in [4.78, 5) is 10.4. The molecule has 0 aliphatic rings. The number of hydrogen-bond donors (Lipinski definition) is 2. The van der Waals surface area contributed by atoms with Gasteiger partial charge in [-0.25, -0.2) is 13.2 Å². The van der Waals surface area contributed by atoms with Crippen molar-refractivity contribution in [3.05, 3.63) is 35.9 Å². The average molecular weight is 270 g/mol. The summed E-state index contributed by atoms with van der Waals surface area (Å²) < 4.78 is 23.6. The van der Waals surface area contributed by atoms with Gasteiger partial charge in [0.1, 0.15) is 0 Å². The van der Waals surface area contributed by atoms with Crippen LogP contribution in [0.2, 0.25) is 0 Å². The molecule has 1 aromatic rings. The second kappa shape index (κ2) is 7.00. The Labute approximate surface area is 107 Å². The van der Waals surface area contributed by atoms with E-state index in [4.69, 9.17) is 5.73 Å². The fourth-order valence-electron chi connectivity index (χ4n) is 1.56. The Hall–Kier alpha value is -1.56. The standard InChI is InChI=1S/C12H18N2O3S/c13-12(15)14-8-4-5-9-18(16,17)10-11-6-2-1-3-7-11/h1-3,6-7H,4-5,8-10H2,(H3,13,14,15). The highest BCUT2D eigenvalue weighted by Gasteiger charge is 2.11. The van der Waals surface area contributed by atoms with Crippen molar-refractivity contribution in [1.29, 1.82) is 0 Å². The number of urea groups is 1. The normalized spacial score (nSPS) is 11.1. The van der Waals surface area contributed by atoms with Crippen molar-refractivity contribution in [3.8, 4) is 0 Å². The van der Waals surface area contributed by atoms with Crippen LogP contribution in [0.3, 0.4) is 0 Å². The largest absolute Gasteiger partial charge is 0.352 e. The molecule has 0 saturated heterocycles. The summed E-state index contributed by atoms with van der Waals surface area (Å²) in [5.41, 5.74) is 5.69. The lowest BCUT2D eigenvalue weighted by Crippen LogP contribution is -2.30. The van der Waals surface area contributed by atoms with Crippen molar-refractivity contribution in [3.63, 3.8) is 0 Å². The van der Waals surface area contributed by atoms with E-state index in [9.17, 15) is 13.2 Å². The molecule has 6 heteroatoms. The van der Waals surface area contributed by atoms with Crippen LogP contribution in [0.5, 0.6) is 0 Å². The summed E-state index contributed by atoms with van der Waals surface area (Å²) in [7, 11) is -3.08. The number of nitrogens with two attached hydrogens (primary N) is 1. The fraction of sp³-hybridized carbons (Fsp3) is 0.417. The van der Waals surface area contributed by atoms with Crippen LogP contribution in [-0.4, -0.2) is 26.7 Å². The Morgan fingerprint density at radius 1 is 1.17 bits per heavy atom. The molecule has 1 aromatic carbocycles. The van der Waals surface area contributed by atoms with Gasteiger partial charge in [0.2, 0.25) is 0 Å². The highest BCUT2D eigenvalue weighted by Crippen LogP contribution is 2.07. The van der Waals surface area contributed by atoms with Crippen molar-refractivity contribution in [2.75, 3.05) is 12.3 Å². The zero-order valence-electron chi connectivity index (χ0n) is 10.1. The molecule has 0 aliphatic carbocycles. The summed E-state index contributed by atoms with van der Waals surface area (Å²) in [5.74, 6) is 0.194. The Bertz CT molecular complexity index is 471. The van der Waals surface area contributed by atoms with Gasteiger partial charge in [-0.15, -0.1) is 0 Å². The molecule has 0 aliphatic heterocycles. The number of unbranched alkanes of at least 4 members (excludes halogenated alkanes) is 1. The molecule has 100 valence electrons. The van der Waals surface area contributed by atoms with Crippen molar-refractivity contribution >= 4 is 15.9 Å². The molecule has 0 spiro atoms. The van der Waals surface area contributed by atoms with Crippen LogP contribution in [0.4, 0.5) is 4.79 Å². The number of rotatable bonds is 7. The molecule has 0 fully saturated rings. The van der Waals surface area contributed by atoms with Gasteiger partial charge >= 0.3 is 6.03 Å². The SMILES string of the molecule is NC(=O)NCCCCS(=O)(=O)Cc1ccccc1. The van der Waals surface area contributed by atoms with Gasteiger partial charge in [0.15, 0.2) is 9.84 Å². The van der Waals surface area contributed by atoms with Gasteiger partial charge in [-0.1, -0.05) is 30.3 Å². The zero-order chi connectivity index (χ0) is 13.4. The topological polar surface area (TPSA) is 89.3 Å². The Balaban J connectivity index is 2.30. The minimum atomic E-state index is -3.08. The molecule has 5 nitrogen and oxygen atoms in total. The second-order valence-electron chi connectivity index (χ2n) is 4.08. The molecule has 0 bridgehead atoms. The first-order chi connectivity index (χ1) is 8.49. The first-order valence-electron chi connectivity index (χ1n) is 5.77. The second-order valence-corrected chi connectivity index (χ2v) is 6.26. The van der Waals surface area contributed by atoms with Gasteiger partial charge in [0.05, 0.1) is 11.5 Å². The van der Waals surface area contributed by atoms with E-state index >= 15 is 0 Å². The number of sulfone groups is 1. The number of primary amides is 1. The van der Waals surface area contributed by atoms with Crippen LogP contribution in [0.25, 0.3) is 0 Å². The summed E-state index contributed by atoms with van der Waals surface area (Å²) >= 11 is 0. The van der Waals surface area contributed by atoms with E-state index in [2.05, 4.69) is 5.32 Å². The lowest BCUT2D eigenvalue weighted by Gasteiger charge is -2.05. The van der Waals surface area contributed by atoms with Crippen molar-refractivity contribution in [1.82, 2.24) is 5.32 Å². The van der Waals surface area contributed by atoms with Gasteiger partial charge in [0.25, 0.3) is 0 Å². The molecule has 0 unspecified atom stereocenters. The monoisotopic (exact) mass is 270 g/mol. The molecule has 1 rings (SSSR count). The van der Waals surface area contributed by atoms with Crippen LogP contribution in [0.15, 0.2) is 30.3 Å². The minimum absolute atomic E-state index is 0.0666. The summed E-state index contributed by atoms with van der Waals surface area (Å²) in [5, 5.41) is 2.43.